The minimum Gasteiger partial charge on any atom is -0.493 e. The summed E-state index contributed by atoms with van der Waals surface area (Å²) < 4.78 is 10.3. The molecule has 1 heterocycles. The molecule has 6 heteroatoms. The Labute approximate surface area is 127 Å². The largest absolute Gasteiger partial charge is 0.493 e. The quantitative estimate of drug-likeness (QED) is 0.833. The fourth-order valence-corrected chi connectivity index (χ4v) is 2.79. The van der Waals surface area contributed by atoms with Crippen LogP contribution in [0.25, 0.3) is 0 Å². The van der Waals surface area contributed by atoms with Crippen molar-refractivity contribution >= 4 is 22.9 Å². The molecule has 0 fully saturated rings. The van der Waals surface area contributed by atoms with E-state index < -0.39 is 0 Å². The number of hydrogen-bond donors (Lipinski definition) is 2. The monoisotopic (exact) mass is 306 g/mol. The van der Waals surface area contributed by atoms with Gasteiger partial charge in [0, 0.05) is 18.3 Å². The fourth-order valence-electron chi connectivity index (χ4n) is 1.93. The molecule has 0 radical (unpaired) electrons. The zero-order valence-electron chi connectivity index (χ0n) is 12.2. The topological polar surface area (TPSA) is 73.6 Å². The lowest BCUT2D eigenvalue weighted by Gasteiger charge is -2.12. The Balaban J connectivity index is 2.17. The third-order valence-electron chi connectivity index (χ3n) is 3.20. The maximum atomic E-state index is 12.3. The Morgan fingerprint density at radius 3 is 2.48 bits per heavy atom. The Morgan fingerprint density at radius 1 is 1.24 bits per heavy atom. The van der Waals surface area contributed by atoms with Crippen molar-refractivity contribution in [1.29, 1.82) is 0 Å². The molecule has 2 aromatic rings. The second-order valence-corrected chi connectivity index (χ2v) is 5.30. The van der Waals surface area contributed by atoms with Gasteiger partial charge in [-0.25, -0.2) is 0 Å². The van der Waals surface area contributed by atoms with Gasteiger partial charge in [-0.05, 0) is 34.9 Å². The van der Waals surface area contributed by atoms with Gasteiger partial charge in [-0.15, -0.1) is 0 Å². The highest BCUT2D eigenvalue weighted by Gasteiger charge is 2.15. The Hall–Kier alpha value is -2.21. The lowest BCUT2D eigenvalue weighted by molar-refractivity contribution is 0.0951. The molecule has 0 saturated carbocycles. The number of ether oxygens (including phenoxy) is 2. The number of nitrogen functional groups attached to an aromatic ring is 1. The first-order valence-corrected chi connectivity index (χ1v) is 7.32. The number of carbonyl (C=O) groups excluding carboxylic acids is 1. The highest BCUT2D eigenvalue weighted by atomic mass is 32.1. The minimum atomic E-state index is -0.237. The van der Waals surface area contributed by atoms with Crippen molar-refractivity contribution < 1.29 is 14.3 Å². The van der Waals surface area contributed by atoms with E-state index in [0.717, 1.165) is 5.56 Å². The van der Waals surface area contributed by atoms with Crippen LogP contribution >= 0.6 is 11.3 Å². The van der Waals surface area contributed by atoms with Gasteiger partial charge >= 0.3 is 0 Å². The van der Waals surface area contributed by atoms with Crippen LogP contribution in [0.15, 0.2) is 22.9 Å². The van der Waals surface area contributed by atoms with Crippen molar-refractivity contribution in [3.63, 3.8) is 0 Å². The summed E-state index contributed by atoms with van der Waals surface area (Å²) in [4.78, 5) is 12.3. The third-order valence-corrected chi connectivity index (χ3v) is 4.11. The molecule has 112 valence electrons. The average molecular weight is 306 g/mol. The summed E-state index contributed by atoms with van der Waals surface area (Å²) in [6.07, 6.45) is 0. The molecular weight excluding hydrogens is 288 g/mol. The van der Waals surface area contributed by atoms with Gasteiger partial charge in [-0.2, -0.15) is 11.3 Å². The number of aryl methyl sites for hydroxylation is 1. The van der Waals surface area contributed by atoms with Crippen molar-refractivity contribution in [3.05, 3.63) is 39.6 Å². The van der Waals surface area contributed by atoms with Crippen LogP contribution in [0, 0.1) is 6.92 Å². The van der Waals surface area contributed by atoms with Crippen molar-refractivity contribution in [1.82, 2.24) is 5.32 Å². The lowest BCUT2D eigenvalue weighted by atomic mass is 10.1. The SMILES string of the molecule is COc1cc(N)c(C(=O)NCc2cscc2C)cc1OC. The van der Waals surface area contributed by atoms with E-state index in [9.17, 15) is 4.79 Å². The van der Waals surface area contributed by atoms with E-state index in [1.54, 1.807) is 23.5 Å². The Kier molecular flexibility index (Phi) is 4.70. The lowest BCUT2D eigenvalue weighted by Crippen LogP contribution is -2.24. The van der Waals surface area contributed by atoms with Gasteiger partial charge < -0.3 is 20.5 Å². The maximum absolute atomic E-state index is 12.3. The van der Waals surface area contributed by atoms with E-state index in [1.165, 1.54) is 19.8 Å². The van der Waals surface area contributed by atoms with Gasteiger partial charge in [0.1, 0.15) is 0 Å². The van der Waals surface area contributed by atoms with E-state index in [2.05, 4.69) is 5.32 Å². The van der Waals surface area contributed by atoms with Crippen LogP contribution in [0.2, 0.25) is 0 Å². The second kappa shape index (κ2) is 6.49. The summed E-state index contributed by atoms with van der Waals surface area (Å²) in [7, 11) is 3.04. The molecule has 1 aromatic carbocycles. The maximum Gasteiger partial charge on any atom is 0.253 e. The van der Waals surface area contributed by atoms with Crippen molar-refractivity contribution in [2.24, 2.45) is 0 Å². The second-order valence-electron chi connectivity index (χ2n) is 4.56. The highest BCUT2D eigenvalue weighted by Crippen LogP contribution is 2.31. The van der Waals surface area contributed by atoms with Gasteiger partial charge in [0.05, 0.1) is 19.8 Å². The predicted octanol–water partition coefficient (Wildman–Crippen LogP) is 2.59. The first-order chi connectivity index (χ1) is 10.1. The zero-order valence-corrected chi connectivity index (χ0v) is 13.0. The molecule has 0 aliphatic rings. The number of amides is 1. The number of carbonyl (C=O) groups is 1. The van der Waals surface area contributed by atoms with Crippen LogP contribution in [0.4, 0.5) is 5.69 Å². The van der Waals surface area contributed by atoms with E-state index in [0.29, 0.717) is 29.3 Å². The smallest absolute Gasteiger partial charge is 0.253 e. The van der Waals surface area contributed by atoms with Crippen molar-refractivity contribution in [2.45, 2.75) is 13.5 Å². The molecule has 1 aromatic heterocycles. The summed E-state index contributed by atoms with van der Waals surface area (Å²) >= 11 is 1.62. The van der Waals surface area contributed by atoms with Crippen LogP contribution in [-0.2, 0) is 6.54 Å². The molecule has 3 N–H and O–H groups in total. The molecule has 0 aliphatic heterocycles. The van der Waals surface area contributed by atoms with Crippen molar-refractivity contribution in [2.75, 3.05) is 20.0 Å². The first-order valence-electron chi connectivity index (χ1n) is 6.38. The number of hydrogen-bond acceptors (Lipinski definition) is 5. The first kappa shape index (κ1) is 15.2. The molecule has 0 saturated heterocycles. The van der Waals surface area contributed by atoms with Gasteiger partial charge in [0.2, 0.25) is 0 Å². The van der Waals surface area contributed by atoms with Crippen molar-refractivity contribution in [3.8, 4) is 11.5 Å². The molecule has 5 nitrogen and oxygen atoms in total. The standard InChI is InChI=1S/C15H18N2O3S/c1-9-7-21-8-10(9)6-17-15(18)11-4-13(19-2)14(20-3)5-12(11)16/h4-5,7-8H,6,16H2,1-3H3,(H,17,18). The molecule has 0 spiro atoms. The molecule has 0 atom stereocenters. The average Bonchev–Trinajstić information content (AvgIpc) is 2.89. The number of benzene rings is 1. The van der Waals surface area contributed by atoms with Crippen LogP contribution in [-0.4, -0.2) is 20.1 Å². The summed E-state index contributed by atoms with van der Waals surface area (Å²) in [5.74, 6) is 0.739. The molecular formula is C15H18N2O3S. The molecule has 0 bridgehead atoms. The highest BCUT2D eigenvalue weighted by molar-refractivity contribution is 7.08. The Bertz CT molecular complexity index is 652. The van der Waals surface area contributed by atoms with E-state index in [1.807, 2.05) is 17.7 Å². The summed E-state index contributed by atoms with van der Waals surface area (Å²) in [5, 5.41) is 6.93. The van der Waals surface area contributed by atoms with Crippen LogP contribution in [0.3, 0.4) is 0 Å². The summed E-state index contributed by atoms with van der Waals surface area (Å²) in [6, 6.07) is 3.17. The van der Waals surface area contributed by atoms with Gasteiger partial charge in [-0.1, -0.05) is 0 Å². The predicted molar refractivity (Wildman–Crippen MR) is 84.2 cm³/mol. The van der Waals surface area contributed by atoms with E-state index in [-0.39, 0.29) is 5.91 Å². The number of nitrogens with one attached hydrogen (secondary N) is 1. The third kappa shape index (κ3) is 3.28. The van der Waals surface area contributed by atoms with E-state index >= 15 is 0 Å². The van der Waals surface area contributed by atoms with Crippen LogP contribution in [0.5, 0.6) is 11.5 Å². The molecule has 1 amide bonds. The summed E-state index contributed by atoms with van der Waals surface area (Å²) in [6.45, 7) is 2.49. The Morgan fingerprint density at radius 2 is 1.90 bits per heavy atom. The normalized spacial score (nSPS) is 10.2. The van der Waals surface area contributed by atoms with Gasteiger partial charge in [-0.3, -0.25) is 4.79 Å². The van der Waals surface area contributed by atoms with E-state index in [4.69, 9.17) is 15.2 Å². The number of anilines is 1. The van der Waals surface area contributed by atoms with Crippen LogP contribution < -0.4 is 20.5 Å². The van der Waals surface area contributed by atoms with Crippen LogP contribution in [0.1, 0.15) is 21.5 Å². The molecule has 0 aliphatic carbocycles. The molecule has 21 heavy (non-hydrogen) atoms. The number of thiophene rings is 1. The number of methoxy groups -OCH3 is 2. The molecule has 0 unspecified atom stereocenters. The minimum absolute atomic E-state index is 0.237. The zero-order chi connectivity index (χ0) is 15.4. The van der Waals surface area contributed by atoms with Gasteiger partial charge in [0.25, 0.3) is 5.91 Å². The summed E-state index contributed by atoms with van der Waals surface area (Å²) in [5.41, 5.74) is 8.91. The number of rotatable bonds is 5. The van der Waals surface area contributed by atoms with Gasteiger partial charge in [0.15, 0.2) is 11.5 Å². The number of nitrogens with two attached hydrogens (primary N) is 1. The fraction of sp³-hybridized carbons (Fsp3) is 0.267. The molecule has 2 rings (SSSR count).